The standard InChI is InChI=1S/C27H28F3N3O2/c28-27(29,30)23-11-5-4-10-22(23)25(24-12-6-7-15-31-24)32-26(34)20-13-16-33(17-14-20)18-19-35-21-8-2-1-3-9-21/h1-12,15,20,25H,13-14,16-19H2,(H,32,34)/t25-/m0/s1. The van der Waals surface area contributed by atoms with Gasteiger partial charge in [0.05, 0.1) is 17.3 Å². The van der Waals surface area contributed by atoms with E-state index in [1.165, 1.54) is 18.3 Å². The summed E-state index contributed by atoms with van der Waals surface area (Å²) in [5.41, 5.74) is -0.417. The van der Waals surface area contributed by atoms with Gasteiger partial charge in [0.25, 0.3) is 0 Å². The van der Waals surface area contributed by atoms with Crippen LogP contribution in [0.15, 0.2) is 79.0 Å². The number of benzene rings is 2. The van der Waals surface area contributed by atoms with Gasteiger partial charge in [0, 0.05) is 18.7 Å². The lowest BCUT2D eigenvalue weighted by molar-refractivity contribution is -0.139. The molecular weight excluding hydrogens is 455 g/mol. The predicted molar refractivity (Wildman–Crippen MR) is 127 cm³/mol. The first-order chi connectivity index (χ1) is 16.9. The van der Waals surface area contributed by atoms with Crippen LogP contribution in [0, 0.1) is 5.92 Å². The minimum absolute atomic E-state index is 0.0115. The van der Waals surface area contributed by atoms with Crippen LogP contribution < -0.4 is 10.1 Å². The lowest BCUT2D eigenvalue weighted by Gasteiger charge is -2.32. The van der Waals surface area contributed by atoms with Gasteiger partial charge >= 0.3 is 6.18 Å². The van der Waals surface area contributed by atoms with Gasteiger partial charge in [-0.2, -0.15) is 13.2 Å². The maximum atomic E-state index is 13.7. The lowest BCUT2D eigenvalue weighted by atomic mass is 9.93. The molecule has 8 heteroatoms. The highest BCUT2D eigenvalue weighted by Gasteiger charge is 2.37. The average molecular weight is 484 g/mol. The number of para-hydroxylation sites is 1. The molecule has 1 aromatic heterocycles. The number of amides is 1. The summed E-state index contributed by atoms with van der Waals surface area (Å²) in [6, 6.07) is 19.0. The Kier molecular flexibility index (Phi) is 8.02. The number of alkyl halides is 3. The van der Waals surface area contributed by atoms with E-state index in [1.54, 1.807) is 24.3 Å². The summed E-state index contributed by atoms with van der Waals surface area (Å²) in [6.45, 7) is 2.75. The number of hydrogen-bond donors (Lipinski definition) is 1. The van der Waals surface area contributed by atoms with Crippen molar-refractivity contribution in [2.45, 2.75) is 25.1 Å². The maximum absolute atomic E-state index is 13.7. The van der Waals surface area contributed by atoms with E-state index in [1.807, 2.05) is 30.3 Å². The second kappa shape index (κ2) is 11.4. The number of ether oxygens (including phenoxy) is 1. The number of halogens is 3. The van der Waals surface area contributed by atoms with E-state index in [0.29, 0.717) is 25.1 Å². The number of aromatic nitrogens is 1. The number of nitrogens with one attached hydrogen (secondary N) is 1. The summed E-state index contributed by atoms with van der Waals surface area (Å²) in [4.78, 5) is 19.6. The zero-order valence-corrected chi connectivity index (χ0v) is 19.2. The van der Waals surface area contributed by atoms with Crippen molar-refractivity contribution >= 4 is 5.91 Å². The van der Waals surface area contributed by atoms with Gasteiger partial charge in [-0.15, -0.1) is 0 Å². The molecule has 1 N–H and O–H groups in total. The van der Waals surface area contributed by atoms with Crippen LogP contribution in [0.25, 0.3) is 0 Å². The van der Waals surface area contributed by atoms with Gasteiger partial charge in [0.15, 0.2) is 0 Å². The van der Waals surface area contributed by atoms with Gasteiger partial charge in [-0.25, -0.2) is 0 Å². The van der Waals surface area contributed by atoms with Crippen molar-refractivity contribution in [3.8, 4) is 5.75 Å². The molecule has 1 atom stereocenters. The topological polar surface area (TPSA) is 54.5 Å². The Morgan fingerprint density at radius 1 is 1.00 bits per heavy atom. The molecule has 0 bridgehead atoms. The molecule has 1 fully saturated rings. The molecule has 35 heavy (non-hydrogen) atoms. The molecule has 0 aliphatic carbocycles. The summed E-state index contributed by atoms with van der Waals surface area (Å²) in [5.74, 6) is 0.296. The Balaban J connectivity index is 1.39. The minimum Gasteiger partial charge on any atom is -0.492 e. The van der Waals surface area contributed by atoms with E-state index < -0.39 is 17.8 Å². The summed E-state index contributed by atoms with van der Waals surface area (Å²) in [6.07, 6.45) is -1.76. The highest BCUT2D eigenvalue weighted by atomic mass is 19.4. The lowest BCUT2D eigenvalue weighted by Crippen LogP contribution is -2.43. The van der Waals surface area contributed by atoms with Crippen LogP contribution in [0.3, 0.4) is 0 Å². The molecule has 0 radical (unpaired) electrons. The first-order valence-electron chi connectivity index (χ1n) is 11.7. The zero-order valence-electron chi connectivity index (χ0n) is 19.2. The fourth-order valence-electron chi connectivity index (χ4n) is 4.35. The van der Waals surface area contributed by atoms with Gasteiger partial charge in [-0.1, -0.05) is 42.5 Å². The zero-order chi connectivity index (χ0) is 24.7. The van der Waals surface area contributed by atoms with E-state index >= 15 is 0 Å². The Labute approximate surface area is 202 Å². The van der Waals surface area contributed by atoms with Crippen LogP contribution in [-0.4, -0.2) is 42.0 Å². The molecule has 5 nitrogen and oxygen atoms in total. The van der Waals surface area contributed by atoms with Crippen molar-refractivity contribution < 1.29 is 22.7 Å². The van der Waals surface area contributed by atoms with Gasteiger partial charge in [-0.3, -0.25) is 14.7 Å². The van der Waals surface area contributed by atoms with Gasteiger partial charge < -0.3 is 10.1 Å². The number of rotatable bonds is 8. The third kappa shape index (κ3) is 6.60. The van der Waals surface area contributed by atoms with Crippen molar-refractivity contribution in [2.24, 2.45) is 5.92 Å². The smallest absolute Gasteiger partial charge is 0.416 e. The van der Waals surface area contributed by atoms with Crippen molar-refractivity contribution in [3.63, 3.8) is 0 Å². The molecule has 3 aromatic rings. The van der Waals surface area contributed by atoms with Crippen LogP contribution in [0.4, 0.5) is 13.2 Å². The Hall–Kier alpha value is -3.39. The Morgan fingerprint density at radius 2 is 1.69 bits per heavy atom. The summed E-state index contributed by atoms with van der Waals surface area (Å²) >= 11 is 0. The highest BCUT2D eigenvalue weighted by Crippen LogP contribution is 2.36. The van der Waals surface area contributed by atoms with E-state index in [9.17, 15) is 18.0 Å². The second-order valence-corrected chi connectivity index (χ2v) is 8.56. The Bertz CT molecular complexity index is 1090. The van der Waals surface area contributed by atoms with E-state index in [2.05, 4.69) is 15.2 Å². The molecule has 184 valence electrons. The molecule has 1 aliphatic rings. The van der Waals surface area contributed by atoms with Crippen LogP contribution in [0.5, 0.6) is 5.75 Å². The first kappa shape index (κ1) is 24.7. The average Bonchev–Trinajstić information content (AvgIpc) is 2.88. The Morgan fingerprint density at radius 3 is 2.37 bits per heavy atom. The molecule has 0 spiro atoms. The monoisotopic (exact) mass is 483 g/mol. The number of nitrogens with zero attached hydrogens (tertiary/aromatic N) is 2. The van der Waals surface area contributed by atoms with Crippen LogP contribution in [-0.2, 0) is 11.0 Å². The normalized spacial score (nSPS) is 16.0. The predicted octanol–water partition coefficient (Wildman–Crippen LogP) is 5.10. The molecule has 1 aliphatic heterocycles. The summed E-state index contributed by atoms with van der Waals surface area (Å²) < 4.78 is 46.9. The SMILES string of the molecule is O=C(N[C@H](c1ccccn1)c1ccccc1C(F)(F)F)C1CCN(CCOc2ccccc2)CC1. The van der Waals surface area contributed by atoms with Crippen LogP contribution >= 0.6 is 0 Å². The maximum Gasteiger partial charge on any atom is 0.416 e. The molecule has 0 saturated carbocycles. The third-order valence-corrected chi connectivity index (χ3v) is 6.23. The van der Waals surface area contributed by atoms with Gasteiger partial charge in [0.2, 0.25) is 5.91 Å². The largest absolute Gasteiger partial charge is 0.492 e. The summed E-state index contributed by atoms with van der Waals surface area (Å²) in [7, 11) is 0. The first-order valence-corrected chi connectivity index (χ1v) is 11.7. The molecule has 0 unspecified atom stereocenters. The van der Waals surface area contributed by atoms with Crippen molar-refractivity contribution in [3.05, 3.63) is 95.8 Å². The number of pyridine rings is 1. The molecule has 2 heterocycles. The minimum atomic E-state index is -4.54. The summed E-state index contributed by atoms with van der Waals surface area (Å²) in [5, 5.41) is 2.87. The van der Waals surface area contributed by atoms with Crippen molar-refractivity contribution in [1.82, 2.24) is 15.2 Å². The van der Waals surface area contributed by atoms with Gasteiger partial charge in [-0.05, 0) is 61.8 Å². The number of carbonyl (C=O) groups excluding carboxylic acids is 1. The third-order valence-electron chi connectivity index (χ3n) is 6.23. The van der Waals surface area contributed by atoms with Gasteiger partial charge in [0.1, 0.15) is 12.4 Å². The number of likely N-dealkylation sites (tertiary alicyclic amines) is 1. The van der Waals surface area contributed by atoms with Crippen molar-refractivity contribution in [2.75, 3.05) is 26.2 Å². The fourth-order valence-corrected chi connectivity index (χ4v) is 4.35. The molecular formula is C27H28F3N3O2. The fraction of sp³-hybridized carbons (Fsp3) is 0.333. The second-order valence-electron chi connectivity index (χ2n) is 8.56. The molecule has 4 rings (SSSR count). The number of piperidine rings is 1. The van der Waals surface area contributed by atoms with E-state index in [-0.39, 0.29) is 17.4 Å². The van der Waals surface area contributed by atoms with E-state index in [4.69, 9.17) is 4.74 Å². The van der Waals surface area contributed by atoms with Crippen LogP contribution in [0.1, 0.15) is 35.7 Å². The molecule has 2 aromatic carbocycles. The molecule has 1 amide bonds. The van der Waals surface area contributed by atoms with Crippen molar-refractivity contribution in [1.29, 1.82) is 0 Å². The van der Waals surface area contributed by atoms with E-state index in [0.717, 1.165) is 31.5 Å². The number of carbonyl (C=O) groups is 1. The molecule has 1 saturated heterocycles. The quantitative estimate of drug-likeness (QED) is 0.485. The number of hydrogen-bond acceptors (Lipinski definition) is 4. The van der Waals surface area contributed by atoms with Crippen LogP contribution in [0.2, 0.25) is 0 Å². The highest BCUT2D eigenvalue weighted by molar-refractivity contribution is 5.79.